The lowest BCUT2D eigenvalue weighted by Crippen LogP contribution is -2.50. The summed E-state index contributed by atoms with van der Waals surface area (Å²) in [4.78, 5) is 13.1. The topological polar surface area (TPSA) is 88.7 Å². The van der Waals surface area contributed by atoms with Gasteiger partial charge in [-0.2, -0.15) is 10.5 Å². The molecular weight excluding hydrogens is 320 g/mol. The highest BCUT2D eigenvalue weighted by molar-refractivity contribution is 7.99. The first-order valence-electron chi connectivity index (χ1n) is 7.90. The second-order valence-corrected chi connectivity index (χ2v) is 7.27. The molecule has 1 aromatic carbocycles. The van der Waals surface area contributed by atoms with E-state index in [2.05, 4.69) is 22.8 Å². The maximum Gasteiger partial charge on any atom is 0.240 e. The van der Waals surface area contributed by atoms with Gasteiger partial charge in [0.15, 0.2) is 0 Å². The Morgan fingerprint density at radius 3 is 2.54 bits per heavy atom. The molecule has 2 N–H and O–H groups in total. The fraction of sp³-hybridized carbons (Fsp3) is 0.500. The Morgan fingerprint density at radius 1 is 1.29 bits per heavy atom. The molecule has 6 heteroatoms. The summed E-state index contributed by atoms with van der Waals surface area (Å²) in [5.74, 6) is 0.453. The molecule has 0 aromatic heterocycles. The summed E-state index contributed by atoms with van der Waals surface area (Å²) < 4.78 is 0. The maximum absolute atomic E-state index is 12.1. The van der Waals surface area contributed by atoms with Crippen molar-refractivity contribution in [3.8, 4) is 12.1 Å². The van der Waals surface area contributed by atoms with Crippen molar-refractivity contribution in [2.24, 2.45) is 11.8 Å². The van der Waals surface area contributed by atoms with Crippen LogP contribution in [0.3, 0.4) is 0 Å². The maximum atomic E-state index is 12.1. The second-order valence-electron chi connectivity index (χ2n) is 6.21. The Balaban J connectivity index is 2.66. The van der Waals surface area contributed by atoms with Gasteiger partial charge >= 0.3 is 0 Å². The Bertz CT molecular complexity index is 647. The molecule has 0 bridgehead atoms. The third-order valence-electron chi connectivity index (χ3n) is 3.82. The SMILES string of the molecule is CC(C)[C@@](C)(C#N)NC(=O)CNc1ccccc1SC[C@@H](C)C#N. The number of nitrogens with one attached hydrogen (secondary N) is 2. The smallest absolute Gasteiger partial charge is 0.240 e. The number of nitriles is 2. The summed E-state index contributed by atoms with van der Waals surface area (Å²) >= 11 is 1.58. The molecule has 5 nitrogen and oxygen atoms in total. The van der Waals surface area contributed by atoms with Crippen LogP contribution in [0.2, 0.25) is 0 Å². The van der Waals surface area contributed by atoms with E-state index in [1.807, 2.05) is 45.0 Å². The van der Waals surface area contributed by atoms with E-state index in [-0.39, 0.29) is 24.3 Å². The number of carbonyl (C=O) groups excluding carboxylic acids is 1. The summed E-state index contributed by atoms with van der Waals surface area (Å²) in [6, 6.07) is 12.1. The van der Waals surface area contributed by atoms with Crippen LogP contribution in [0.5, 0.6) is 0 Å². The summed E-state index contributed by atoms with van der Waals surface area (Å²) in [5.41, 5.74) is -0.0269. The van der Waals surface area contributed by atoms with E-state index in [1.54, 1.807) is 18.7 Å². The van der Waals surface area contributed by atoms with Crippen LogP contribution in [-0.4, -0.2) is 23.7 Å². The van der Waals surface area contributed by atoms with Gasteiger partial charge in [0.2, 0.25) is 5.91 Å². The first kappa shape index (κ1) is 19.9. The lowest BCUT2D eigenvalue weighted by molar-refractivity contribution is -0.121. The summed E-state index contributed by atoms with van der Waals surface area (Å²) in [6.07, 6.45) is 0. The normalized spacial score (nSPS) is 14.1. The third-order valence-corrected chi connectivity index (χ3v) is 5.16. The molecule has 0 saturated carbocycles. The van der Waals surface area contributed by atoms with E-state index >= 15 is 0 Å². The number of amides is 1. The minimum absolute atomic E-state index is 0.0155. The Hall–Kier alpha value is -2.18. The van der Waals surface area contributed by atoms with Gasteiger partial charge in [-0.3, -0.25) is 4.79 Å². The van der Waals surface area contributed by atoms with E-state index in [9.17, 15) is 10.1 Å². The van der Waals surface area contributed by atoms with Gasteiger partial charge < -0.3 is 10.6 Å². The summed E-state index contributed by atoms with van der Waals surface area (Å²) in [7, 11) is 0. The third kappa shape index (κ3) is 5.79. The average molecular weight is 344 g/mol. The highest BCUT2D eigenvalue weighted by Crippen LogP contribution is 2.28. The Kier molecular flexibility index (Phi) is 7.61. The zero-order valence-electron chi connectivity index (χ0n) is 14.6. The predicted molar refractivity (Wildman–Crippen MR) is 97.4 cm³/mol. The molecule has 0 unspecified atom stereocenters. The van der Waals surface area contributed by atoms with Crippen molar-refractivity contribution in [1.82, 2.24) is 5.32 Å². The van der Waals surface area contributed by atoms with E-state index < -0.39 is 5.54 Å². The number of rotatable bonds is 8. The fourth-order valence-corrected chi connectivity index (χ4v) is 2.78. The molecule has 128 valence electrons. The minimum Gasteiger partial charge on any atom is -0.375 e. The molecule has 0 spiro atoms. The lowest BCUT2D eigenvalue weighted by atomic mass is 9.90. The fourth-order valence-electron chi connectivity index (χ4n) is 1.80. The number of benzene rings is 1. The Labute approximate surface area is 148 Å². The number of para-hydroxylation sites is 1. The minimum atomic E-state index is -0.880. The standard InChI is InChI=1S/C18H24N4OS/c1-13(2)18(4,12-20)22-17(23)10-21-15-7-5-6-8-16(15)24-11-14(3)9-19/h5-8,13-14,21H,10-11H2,1-4H3,(H,22,23)/t14-,18+/m0/s1. The molecule has 0 aliphatic carbocycles. The first-order valence-corrected chi connectivity index (χ1v) is 8.88. The number of nitrogens with zero attached hydrogens (tertiary/aromatic N) is 2. The first-order chi connectivity index (χ1) is 11.3. The van der Waals surface area contributed by atoms with Gasteiger partial charge in [0.25, 0.3) is 0 Å². The zero-order valence-corrected chi connectivity index (χ0v) is 15.4. The summed E-state index contributed by atoms with van der Waals surface area (Å²) in [5, 5.41) is 24.0. The number of hydrogen-bond donors (Lipinski definition) is 2. The van der Waals surface area contributed by atoms with Crippen LogP contribution in [0.15, 0.2) is 29.2 Å². The van der Waals surface area contributed by atoms with Gasteiger partial charge in [0, 0.05) is 16.3 Å². The molecule has 0 saturated heterocycles. The van der Waals surface area contributed by atoms with Crippen molar-refractivity contribution in [3.05, 3.63) is 24.3 Å². The van der Waals surface area contributed by atoms with Gasteiger partial charge in [-0.15, -0.1) is 11.8 Å². The van der Waals surface area contributed by atoms with E-state index in [1.165, 1.54) is 0 Å². The molecule has 0 aliphatic rings. The quantitative estimate of drug-likeness (QED) is 0.706. The van der Waals surface area contributed by atoms with Crippen LogP contribution in [0.25, 0.3) is 0 Å². The molecule has 0 heterocycles. The van der Waals surface area contributed by atoms with Crippen LogP contribution >= 0.6 is 11.8 Å². The molecule has 24 heavy (non-hydrogen) atoms. The van der Waals surface area contributed by atoms with Crippen molar-refractivity contribution in [3.63, 3.8) is 0 Å². The average Bonchev–Trinajstić information content (AvgIpc) is 2.58. The van der Waals surface area contributed by atoms with Crippen molar-refractivity contribution in [1.29, 1.82) is 10.5 Å². The monoisotopic (exact) mass is 344 g/mol. The van der Waals surface area contributed by atoms with Crippen LogP contribution < -0.4 is 10.6 Å². The number of hydrogen-bond acceptors (Lipinski definition) is 5. The van der Waals surface area contributed by atoms with Crippen molar-refractivity contribution >= 4 is 23.4 Å². The van der Waals surface area contributed by atoms with Crippen LogP contribution in [-0.2, 0) is 4.79 Å². The summed E-state index contributed by atoms with van der Waals surface area (Å²) in [6.45, 7) is 7.50. The molecule has 0 fully saturated rings. The van der Waals surface area contributed by atoms with E-state index in [4.69, 9.17) is 5.26 Å². The van der Waals surface area contributed by atoms with Crippen molar-refractivity contribution in [2.75, 3.05) is 17.6 Å². The number of thioether (sulfide) groups is 1. The van der Waals surface area contributed by atoms with E-state index in [0.29, 0.717) is 5.75 Å². The van der Waals surface area contributed by atoms with Crippen LogP contribution in [0.1, 0.15) is 27.7 Å². The zero-order chi connectivity index (χ0) is 18.2. The van der Waals surface area contributed by atoms with Gasteiger partial charge in [-0.1, -0.05) is 26.0 Å². The van der Waals surface area contributed by atoms with Gasteiger partial charge in [-0.25, -0.2) is 0 Å². The van der Waals surface area contributed by atoms with Crippen molar-refractivity contribution < 1.29 is 4.79 Å². The van der Waals surface area contributed by atoms with Gasteiger partial charge in [0.05, 0.1) is 24.6 Å². The van der Waals surface area contributed by atoms with Gasteiger partial charge in [0.1, 0.15) is 5.54 Å². The molecular formula is C18H24N4OS. The molecule has 0 aliphatic heterocycles. The second kappa shape index (κ2) is 9.20. The molecule has 0 radical (unpaired) electrons. The van der Waals surface area contributed by atoms with Gasteiger partial charge in [-0.05, 0) is 31.9 Å². The highest BCUT2D eigenvalue weighted by atomic mass is 32.2. The molecule has 1 amide bonds. The largest absolute Gasteiger partial charge is 0.375 e. The van der Waals surface area contributed by atoms with E-state index in [0.717, 1.165) is 10.6 Å². The number of anilines is 1. The number of carbonyl (C=O) groups is 1. The molecule has 1 rings (SSSR count). The lowest BCUT2D eigenvalue weighted by Gasteiger charge is -2.27. The van der Waals surface area contributed by atoms with Crippen LogP contribution in [0.4, 0.5) is 5.69 Å². The van der Waals surface area contributed by atoms with Crippen LogP contribution in [0, 0.1) is 34.5 Å². The highest BCUT2D eigenvalue weighted by Gasteiger charge is 2.29. The predicted octanol–water partition coefficient (Wildman–Crippen LogP) is 3.40. The molecule has 1 aromatic rings. The molecule has 2 atom stereocenters. The van der Waals surface area contributed by atoms with Crippen molar-refractivity contribution in [2.45, 2.75) is 38.1 Å². The Morgan fingerprint density at radius 2 is 1.96 bits per heavy atom.